The molecule has 1 fully saturated rings. The Balaban J connectivity index is 1.15. The summed E-state index contributed by atoms with van der Waals surface area (Å²) >= 11 is 1.57. The van der Waals surface area contributed by atoms with Crippen LogP contribution in [-0.4, -0.2) is 37.8 Å². The minimum absolute atomic E-state index is 0.00315. The number of nitrogens with zero attached hydrogens (tertiary/aromatic N) is 3. The summed E-state index contributed by atoms with van der Waals surface area (Å²) in [5.41, 5.74) is 6.47. The molecule has 3 aromatic carbocycles. The van der Waals surface area contributed by atoms with Crippen molar-refractivity contribution in [2.24, 2.45) is 0 Å². The lowest BCUT2D eigenvalue weighted by molar-refractivity contribution is -0.245. The van der Waals surface area contributed by atoms with Crippen molar-refractivity contribution >= 4 is 17.7 Å². The number of rotatable bonds is 10. The average Bonchev–Trinajstić information content (AvgIpc) is 3.10. The summed E-state index contributed by atoms with van der Waals surface area (Å²) < 4.78 is 13.0. The van der Waals surface area contributed by atoms with Gasteiger partial charge < -0.3 is 19.9 Å². The third-order valence-electron chi connectivity index (χ3n) is 7.38. The molecule has 44 heavy (non-hydrogen) atoms. The second-order valence-electron chi connectivity index (χ2n) is 10.4. The summed E-state index contributed by atoms with van der Waals surface area (Å²) in [5.74, 6) is 0.535. The molecule has 0 radical (unpaired) electrons. The van der Waals surface area contributed by atoms with Gasteiger partial charge >= 0.3 is 0 Å². The van der Waals surface area contributed by atoms with Crippen LogP contribution in [0.1, 0.15) is 51.4 Å². The van der Waals surface area contributed by atoms with Gasteiger partial charge in [0.25, 0.3) is 5.91 Å². The number of carbonyl (C=O) groups excluding carboxylic acids is 1. The smallest absolute Gasteiger partial charge is 0.253 e. The first-order valence-electron chi connectivity index (χ1n) is 14.4. The van der Waals surface area contributed by atoms with E-state index in [0.29, 0.717) is 29.4 Å². The van der Waals surface area contributed by atoms with E-state index in [4.69, 9.17) is 9.47 Å². The zero-order valence-corrected chi connectivity index (χ0v) is 24.8. The maximum absolute atomic E-state index is 12.4. The monoisotopic (exact) mass is 604 g/mol. The van der Waals surface area contributed by atoms with Crippen molar-refractivity contribution < 1.29 is 19.4 Å². The zero-order chi connectivity index (χ0) is 30.1. The number of thioether (sulfide) groups is 1. The number of aliphatic hydroxyl groups excluding tert-OH is 1. The Morgan fingerprint density at radius 1 is 0.841 bits per heavy atom. The van der Waals surface area contributed by atoms with Crippen LogP contribution in [0.4, 0.5) is 0 Å². The number of benzene rings is 3. The van der Waals surface area contributed by atoms with Crippen LogP contribution in [0.2, 0.25) is 0 Å². The lowest BCUT2D eigenvalue weighted by atomic mass is 9.99. The van der Waals surface area contributed by atoms with E-state index in [2.05, 4.69) is 44.5 Å². The van der Waals surface area contributed by atoms with Crippen LogP contribution >= 0.6 is 11.8 Å². The predicted octanol–water partition coefficient (Wildman–Crippen LogP) is 6.30. The molecule has 1 aliphatic heterocycles. The molecular formula is C35H32N4O4S. The Morgan fingerprint density at radius 2 is 1.64 bits per heavy atom. The Kier molecular flexibility index (Phi) is 9.69. The molecule has 2 aromatic heterocycles. The van der Waals surface area contributed by atoms with Crippen molar-refractivity contribution in [2.45, 2.75) is 43.2 Å². The fourth-order valence-electron chi connectivity index (χ4n) is 5.03. The first-order chi connectivity index (χ1) is 21.6. The van der Waals surface area contributed by atoms with Gasteiger partial charge in [0.2, 0.25) is 0 Å². The van der Waals surface area contributed by atoms with Gasteiger partial charge in [0.1, 0.15) is 0 Å². The van der Waals surface area contributed by atoms with Gasteiger partial charge in [-0.25, -0.2) is 9.97 Å². The highest BCUT2D eigenvalue weighted by atomic mass is 32.2. The van der Waals surface area contributed by atoms with Crippen molar-refractivity contribution in [3.63, 3.8) is 0 Å². The van der Waals surface area contributed by atoms with Gasteiger partial charge in [0, 0.05) is 49.1 Å². The summed E-state index contributed by atoms with van der Waals surface area (Å²) in [6.45, 7) is 0.417. The largest absolute Gasteiger partial charge is 0.392 e. The molecule has 0 aliphatic carbocycles. The van der Waals surface area contributed by atoms with E-state index in [1.54, 1.807) is 54.7 Å². The fraction of sp³-hybridized carbons (Fsp3) is 0.200. The molecule has 1 amide bonds. The van der Waals surface area contributed by atoms with Gasteiger partial charge in [-0.1, -0.05) is 78.5 Å². The first-order valence-corrected chi connectivity index (χ1v) is 15.4. The molecule has 0 bridgehead atoms. The Morgan fingerprint density at radius 3 is 2.39 bits per heavy atom. The summed E-state index contributed by atoms with van der Waals surface area (Å²) in [4.78, 5) is 25.1. The molecule has 1 saturated heterocycles. The molecule has 2 N–H and O–H groups in total. The maximum atomic E-state index is 12.4. The number of amides is 1. The number of aromatic nitrogens is 3. The molecule has 222 valence electrons. The zero-order valence-electron chi connectivity index (χ0n) is 24.0. The number of carbonyl (C=O) groups is 1. The molecule has 5 aromatic rings. The van der Waals surface area contributed by atoms with Gasteiger partial charge in [-0.2, -0.15) is 0 Å². The van der Waals surface area contributed by atoms with E-state index >= 15 is 0 Å². The Labute approximate surface area is 260 Å². The van der Waals surface area contributed by atoms with E-state index in [0.717, 1.165) is 33.4 Å². The number of hydrogen-bond acceptors (Lipinski definition) is 8. The molecule has 3 heterocycles. The third kappa shape index (κ3) is 7.56. The van der Waals surface area contributed by atoms with Crippen LogP contribution in [0.25, 0.3) is 11.1 Å². The summed E-state index contributed by atoms with van der Waals surface area (Å²) in [6, 6.07) is 29.5. The van der Waals surface area contributed by atoms with E-state index in [9.17, 15) is 9.90 Å². The molecule has 1 aliphatic rings. The SMILES string of the molecule is O=C(NCc1cccc(-c2ccc([C@@H]3O[C@H](CSc4ncccn4)C[C@H](c4ccc(CO)cc4)O3)cc2)c1)c1cccnc1. The minimum Gasteiger partial charge on any atom is -0.392 e. The van der Waals surface area contributed by atoms with Gasteiger partial charge in [-0.15, -0.1) is 0 Å². The second kappa shape index (κ2) is 14.4. The van der Waals surface area contributed by atoms with Crippen LogP contribution in [0.15, 0.2) is 121 Å². The number of aliphatic hydroxyl groups is 1. The molecule has 3 atom stereocenters. The van der Waals surface area contributed by atoms with Crippen LogP contribution in [0.3, 0.4) is 0 Å². The maximum Gasteiger partial charge on any atom is 0.253 e. The van der Waals surface area contributed by atoms with Crippen molar-refractivity contribution in [2.75, 3.05) is 5.75 Å². The van der Waals surface area contributed by atoms with Crippen molar-refractivity contribution in [1.29, 1.82) is 0 Å². The van der Waals surface area contributed by atoms with E-state index in [-0.39, 0.29) is 24.7 Å². The van der Waals surface area contributed by atoms with E-state index < -0.39 is 6.29 Å². The number of ether oxygens (including phenoxy) is 2. The summed E-state index contributed by atoms with van der Waals surface area (Å²) in [7, 11) is 0. The third-order valence-corrected chi connectivity index (χ3v) is 8.38. The quantitative estimate of drug-likeness (QED) is 0.141. The van der Waals surface area contributed by atoms with E-state index in [1.165, 1.54) is 0 Å². The lowest BCUT2D eigenvalue weighted by Crippen LogP contribution is -2.31. The Bertz CT molecular complexity index is 1650. The molecule has 0 unspecified atom stereocenters. The van der Waals surface area contributed by atoms with Crippen molar-refractivity contribution in [3.8, 4) is 11.1 Å². The fourth-order valence-corrected chi connectivity index (χ4v) is 5.85. The van der Waals surface area contributed by atoms with Crippen LogP contribution in [0, 0.1) is 0 Å². The molecular weight excluding hydrogens is 572 g/mol. The highest BCUT2D eigenvalue weighted by Gasteiger charge is 2.32. The number of nitrogens with one attached hydrogen (secondary N) is 1. The second-order valence-corrected chi connectivity index (χ2v) is 11.4. The standard InChI is InChI=1S/C35H32N4O4S/c40-22-24-7-9-27(10-8-24)32-19-31(23-44-35-37-16-3-17-38-35)42-34(43-32)28-13-11-26(12-14-28)29-5-1-4-25(18-29)20-39-33(41)30-6-2-15-36-21-30/h1-18,21,31-32,34,40H,19-20,22-23H2,(H,39,41)/t31-,32+,34+/m0/s1. The molecule has 0 saturated carbocycles. The number of pyridine rings is 1. The average molecular weight is 605 g/mol. The minimum atomic E-state index is -0.545. The molecule has 6 rings (SSSR count). The van der Waals surface area contributed by atoms with Crippen molar-refractivity contribution in [3.05, 3.63) is 144 Å². The topological polar surface area (TPSA) is 106 Å². The highest BCUT2D eigenvalue weighted by Crippen LogP contribution is 2.39. The number of hydrogen-bond donors (Lipinski definition) is 2. The summed E-state index contributed by atoms with van der Waals surface area (Å²) in [6.07, 6.45) is 6.58. The summed E-state index contributed by atoms with van der Waals surface area (Å²) in [5, 5.41) is 13.2. The van der Waals surface area contributed by atoms with E-state index in [1.807, 2.05) is 48.5 Å². The molecule has 0 spiro atoms. The molecule has 9 heteroatoms. The lowest BCUT2D eigenvalue weighted by Gasteiger charge is -2.36. The first kappa shape index (κ1) is 29.7. The molecule has 8 nitrogen and oxygen atoms in total. The predicted molar refractivity (Wildman–Crippen MR) is 168 cm³/mol. The highest BCUT2D eigenvalue weighted by molar-refractivity contribution is 7.99. The van der Waals surface area contributed by atoms with Crippen molar-refractivity contribution in [1.82, 2.24) is 20.3 Å². The van der Waals surface area contributed by atoms with Gasteiger partial charge in [0.05, 0.1) is 24.4 Å². The Hall–Kier alpha value is -4.41. The van der Waals surface area contributed by atoms with Gasteiger partial charge in [-0.05, 0) is 52.1 Å². The van der Waals surface area contributed by atoms with Crippen LogP contribution in [-0.2, 0) is 22.6 Å². The van der Waals surface area contributed by atoms with Crippen LogP contribution in [0.5, 0.6) is 0 Å². The van der Waals surface area contributed by atoms with Gasteiger partial charge in [-0.3, -0.25) is 9.78 Å². The van der Waals surface area contributed by atoms with Crippen LogP contribution < -0.4 is 5.32 Å². The normalized spacial score (nSPS) is 18.1. The van der Waals surface area contributed by atoms with Gasteiger partial charge in [0.15, 0.2) is 11.4 Å².